The molecule has 2 fully saturated rings. The third-order valence-corrected chi connectivity index (χ3v) is 6.96. The van der Waals surface area contributed by atoms with E-state index in [4.69, 9.17) is 10.5 Å². The molecule has 8 heteroatoms. The second kappa shape index (κ2) is 7.92. The van der Waals surface area contributed by atoms with Crippen molar-refractivity contribution in [3.63, 3.8) is 0 Å². The molecule has 3 aromatic rings. The average Bonchev–Trinajstić information content (AvgIpc) is 3.20. The third-order valence-electron chi connectivity index (χ3n) is 6.96. The lowest BCUT2D eigenvalue weighted by Crippen LogP contribution is -2.35. The molecule has 1 aliphatic heterocycles. The van der Waals surface area contributed by atoms with E-state index in [2.05, 4.69) is 10.3 Å². The molecule has 1 spiro atoms. The van der Waals surface area contributed by atoms with Gasteiger partial charge in [0.2, 0.25) is 0 Å². The van der Waals surface area contributed by atoms with Crippen molar-refractivity contribution in [1.29, 1.82) is 5.26 Å². The van der Waals surface area contributed by atoms with Crippen molar-refractivity contribution in [2.24, 2.45) is 5.41 Å². The van der Waals surface area contributed by atoms with Crippen molar-refractivity contribution in [3.8, 4) is 17.6 Å². The number of ether oxygens (including phenoxy) is 1. The van der Waals surface area contributed by atoms with Crippen molar-refractivity contribution in [3.05, 3.63) is 58.4 Å². The molecule has 1 saturated carbocycles. The van der Waals surface area contributed by atoms with Crippen molar-refractivity contribution >= 4 is 16.6 Å². The second-order valence-electron chi connectivity index (χ2n) is 8.84. The fraction of sp³-hybridized carbons (Fsp3) is 0.375. The first-order chi connectivity index (χ1) is 15.5. The molecular formula is C24H24FN5O2. The number of piperidine rings is 1. The predicted octanol–water partition coefficient (Wildman–Crippen LogP) is 3.88. The van der Waals surface area contributed by atoms with Crippen molar-refractivity contribution in [2.45, 2.75) is 38.1 Å². The van der Waals surface area contributed by atoms with Crippen molar-refractivity contribution < 1.29 is 9.13 Å². The molecule has 1 saturated heterocycles. The zero-order chi connectivity index (χ0) is 22.3. The summed E-state index contributed by atoms with van der Waals surface area (Å²) >= 11 is 0. The van der Waals surface area contributed by atoms with Gasteiger partial charge in [0, 0.05) is 6.04 Å². The number of nitrogens with two attached hydrogens (primary N) is 1. The van der Waals surface area contributed by atoms with Crippen LogP contribution in [0, 0.1) is 22.6 Å². The molecule has 0 bridgehead atoms. The number of rotatable bonds is 3. The van der Waals surface area contributed by atoms with Crippen LogP contribution in [0.1, 0.15) is 43.7 Å². The summed E-state index contributed by atoms with van der Waals surface area (Å²) in [5.41, 5.74) is 6.55. The normalized spacial score (nSPS) is 19.8. The minimum Gasteiger partial charge on any atom is -0.453 e. The Bertz CT molecular complexity index is 1290. The first kappa shape index (κ1) is 20.5. The highest BCUT2D eigenvalue weighted by Gasteiger charge is 2.40. The average molecular weight is 433 g/mol. The summed E-state index contributed by atoms with van der Waals surface area (Å²) in [7, 11) is 0. The number of hydrogen-bond acceptors (Lipinski definition) is 6. The predicted molar refractivity (Wildman–Crippen MR) is 119 cm³/mol. The van der Waals surface area contributed by atoms with Gasteiger partial charge in [0.1, 0.15) is 17.4 Å². The topological polar surface area (TPSA) is 106 Å². The number of benzene rings is 2. The molecule has 1 atom stereocenters. The Kier molecular flexibility index (Phi) is 5.06. The van der Waals surface area contributed by atoms with E-state index in [-0.39, 0.29) is 34.4 Å². The van der Waals surface area contributed by atoms with E-state index in [1.54, 1.807) is 29.1 Å². The van der Waals surface area contributed by atoms with Gasteiger partial charge in [0.15, 0.2) is 11.6 Å². The molecule has 2 aliphatic rings. The van der Waals surface area contributed by atoms with Crippen LogP contribution in [0.4, 0.5) is 10.1 Å². The van der Waals surface area contributed by atoms with Gasteiger partial charge in [-0.05, 0) is 80.9 Å². The van der Waals surface area contributed by atoms with Crippen LogP contribution >= 0.6 is 0 Å². The number of fused-ring (bicyclic) bond motifs is 1. The molecule has 2 heterocycles. The van der Waals surface area contributed by atoms with Gasteiger partial charge in [-0.3, -0.25) is 9.36 Å². The maximum atomic E-state index is 14.3. The SMILES string of the molecule is N#Cc1c(N)ccc(F)c1Oc1ccc2ncn([C@H]3CCC4(CCNCC4)C3)c(=O)c2c1. The summed E-state index contributed by atoms with van der Waals surface area (Å²) in [6.45, 7) is 2.06. The van der Waals surface area contributed by atoms with Crippen molar-refractivity contribution in [1.82, 2.24) is 14.9 Å². The van der Waals surface area contributed by atoms with E-state index in [1.165, 1.54) is 6.07 Å². The van der Waals surface area contributed by atoms with Crippen LogP contribution in [0.25, 0.3) is 10.9 Å². The van der Waals surface area contributed by atoms with Gasteiger partial charge in [0.25, 0.3) is 5.56 Å². The number of nitrogens with zero attached hydrogens (tertiary/aromatic N) is 3. The van der Waals surface area contributed by atoms with Crippen LogP contribution in [0.2, 0.25) is 0 Å². The number of hydrogen-bond donors (Lipinski definition) is 2. The molecular weight excluding hydrogens is 409 g/mol. The highest BCUT2D eigenvalue weighted by molar-refractivity contribution is 5.79. The van der Waals surface area contributed by atoms with E-state index in [1.807, 2.05) is 6.07 Å². The molecule has 32 heavy (non-hydrogen) atoms. The third kappa shape index (κ3) is 3.49. The van der Waals surface area contributed by atoms with E-state index in [9.17, 15) is 14.4 Å². The molecule has 164 valence electrons. The zero-order valence-electron chi connectivity index (χ0n) is 17.6. The molecule has 1 aliphatic carbocycles. The van der Waals surface area contributed by atoms with Crippen LogP contribution in [-0.2, 0) is 0 Å². The number of aromatic nitrogens is 2. The minimum atomic E-state index is -0.697. The summed E-state index contributed by atoms with van der Waals surface area (Å²) in [6, 6.07) is 9.29. The lowest BCUT2D eigenvalue weighted by Gasteiger charge is -2.34. The van der Waals surface area contributed by atoms with Gasteiger partial charge in [-0.25, -0.2) is 9.37 Å². The Morgan fingerprint density at radius 3 is 2.84 bits per heavy atom. The van der Waals surface area contributed by atoms with E-state index >= 15 is 0 Å². The van der Waals surface area contributed by atoms with Gasteiger partial charge in [0.05, 0.1) is 22.9 Å². The fourth-order valence-electron chi connectivity index (χ4n) is 5.17. The molecule has 0 radical (unpaired) electrons. The van der Waals surface area contributed by atoms with E-state index in [0.29, 0.717) is 16.3 Å². The van der Waals surface area contributed by atoms with E-state index in [0.717, 1.165) is 51.3 Å². The summed E-state index contributed by atoms with van der Waals surface area (Å²) in [5, 5.41) is 13.2. The number of nitrogen functional groups attached to an aromatic ring is 1. The van der Waals surface area contributed by atoms with Crippen LogP contribution < -0.4 is 21.3 Å². The van der Waals surface area contributed by atoms with Gasteiger partial charge in [-0.1, -0.05) is 0 Å². The first-order valence-corrected chi connectivity index (χ1v) is 10.9. The molecule has 2 aromatic carbocycles. The number of nitrogens with one attached hydrogen (secondary N) is 1. The fourth-order valence-corrected chi connectivity index (χ4v) is 5.17. The van der Waals surface area contributed by atoms with Gasteiger partial charge < -0.3 is 15.8 Å². The molecule has 0 amide bonds. The summed E-state index contributed by atoms with van der Waals surface area (Å²) in [6.07, 6.45) is 7.00. The van der Waals surface area contributed by atoms with Gasteiger partial charge in [-0.2, -0.15) is 5.26 Å². The Morgan fingerprint density at radius 1 is 1.25 bits per heavy atom. The van der Waals surface area contributed by atoms with E-state index < -0.39 is 5.82 Å². The number of anilines is 1. The number of nitriles is 1. The Morgan fingerprint density at radius 2 is 2.06 bits per heavy atom. The first-order valence-electron chi connectivity index (χ1n) is 10.9. The Balaban J connectivity index is 1.49. The molecule has 7 nitrogen and oxygen atoms in total. The molecule has 3 N–H and O–H groups in total. The summed E-state index contributed by atoms with van der Waals surface area (Å²) in [5.74, 6) is -0.700. The number of halogens is 1. The summed E-state index contributed by atoms with van der Waals surface area (Å²) < 4.78 is 21.7. The van der Waals surface area contributed by atoms with Crippen LogP contribution in [0.3, 0.4) is 0 Å². The Hall–Kier alpha value is -3.44. The smallest absolute Gasteiger partial charge is 0.261 e. The second-order valence-corrected chi connectivity index (χ2v) is 8.84. The van der Waals surface area contributed by atoms with Crippen molar-refractivity contribution in [2.75, 3.05) is 18.8 Å². The lowest BCUT2D eigenvalue weighted by molar-refractivity contribution is 0.201. The highest BCUT2D eigenvalue weighted by atomic mass is 19.1. The van der Waals surface area contributed by atoms with Crippen LogP contribution in [0.15, 0.2) is 41.5 Å². The molecule has 0 unspecified atom stereocenters. The standard InChI is InChI=1S/C24H24FN5O2/c25-19-2-3-20(27)18(13-26)22(19)32-16-1-4-21-17(11-16)23(31)30(14-29-21)15-5-6-24(12-15)7-9-28-10-8-24/h1-4,11,14-15,28H,5-10,12,27H2/t15-/m0/s1. The van der Waals surface area contributed by atoms with Crippen LogP contribution in [0.5, 0.6) is 11.5 Å². The summed E-state index contributed by atoms with van der Waals surface area (Å²) in [4.78, 5) is 17.8. The largest absolute Gasteiger partial charge is 0.453 e. The molecule has 5 rings (SSSR count). The molecule has 1 aromatic heterocycles. The van der Waals surface area contributed by atoms with Crippen LogP contribution in [-0.4, -0.2) is 22.6 Å². The lowest BCUT2D eigenvalue weighted by atomic mass is 9.77. The quantitative estimate of drug-likeness (QED) is 0.607. The van der Waals surface area contributed by atoms with Gasteiger partial charge >= 0.3 is 0 Å². The monoisotopic (exact) mass is 433 g/mol. The Labute approximate surface area is 184 Å². The zero-order valence-corrected chi connectivity index (χ0v) is 17.6. The maximum Gasteiger partial charge on any atom is 0.261 e. The maximum absolute atomic E-state index is 14.3. The highest BCUT2D eigenvalue weighted by Crippen LogP contribution is 2.49. The minimum absolute atomic E-state index is 0.0769. The van der Waals surface area contributed by atoms with Gasteiger partial charge in [-0.15, -0.1) is 0 Å².